The second-order valence-corrected chi connectivity index (χ2v) is 6.44. The largest absolute Gasteiger partial charge is 0.379 e. The number of morpholine rings is 1. The standard InChI is InChI=1S/C18H18N2OS/c1-3-14-6-12-22-18(14)16(5-1)17(15-4-2-7-19-13-15)20-8-10-21-11-9-20/h1-7,12-13,17H,8-11H2. The van der Waals surface area contributed by atoms with E-state index in [1.807, 2.05) is 29.8 Å². The summed E-state index contributed by atoms with van der Waals surface area (Å²) in [7, 11) is 0. The highest BCUT2D eigenvalue weighted by atomic mass is 32.1. The third kappa shape index (κ3) is 2.54. The van der Waals surface area contributed by atoms with Gasteiger partial charge in [0.1, 0.15) is 0 Å². The van der Waals surface area contributed by atoms with E-state index in [-0.39, 0.29) is 6.04 Å². The van der Waals surface area contributed by atoms with Crippen molar-refractivity contribution < 1.29 is 4.74 Å². The highest BCUT2D eigenvalue weighted by molar-refractivity contribution is 7.17. The van der Waals surface area contributed by atoms with E-state index in [0.717, 1.165) is 26.3 Å². The third-order valence-corrected chi connectivity index (χ3v) is 5.19. The Bertz CT molecular complexity index is 750. The van der Waals surface area contributed by atoms with Gasteiger partial charge in [-0.05, 0) is 34.0 Å². The maximum Gasteiger partial charge on any atom is 0.0632 e. The van der Waals surface area contributed by atoms with Gasteiger partial charge in [-0.15, -0.1) is 11.3 Å². The average Bonchev–Trinajstić information content (AvgIpc) is 3.07. The van der Waals surface area contributed by atoms with Gasteiger partial charge >= 0.3 is 0 Å². The van der Waals surface area contributed by atoms with E-state index in [9.17, 15) is 0 Å². The molecule has 4 heteroatoms. The van der Waals surface area contributed by atoms with Crippen LogP contribution in [-0.2, 0) is 4.74 Å². The molecule has 4 rings (SSSR count). The van der Waals surface area contributed by atoms with Gasteiger partial charge in [-0.1, -0.05) is 24.3 Å². The summed E-state index contributed by atoms with van der Waals surface area (Å²) >= 11 is 1.82. The van der Waals surface area contributed by atoms with Crippen molar-refractivity contribution in [2.45, 2.75) is 6.04 Å². The summed E-state index contributed by atoms with van der Waals surface area (Å²) in [5.74, 6) is 0. The van der Waals surface area contributed by atoms with E-state index >= 15 is 0 Å². The van der Waals surface area contributed by atoms with Gasteiger partial charge < -0.3 is 4.74 Å². The van der Waals surface area contributed by atoms with Crippen LogP contribution in [0.2, 0.25) is 0 Å². The fourth-order valence-electron chi connectivity index (χ4n) is 3.19. The van der Waals surface area contributed by atoms with Gasteiger partial charge in [0.15, 0.2) is 0 Å². The van der Waals surface area contributed by atoms with Crippen LogP contribution in [0, 0.1) is 0 Å². The normalized spacial score (nSPS) is 17.6. The molecule has 3 heterocycles. The second kappa shape index (κ2) is 6.16. The molecule has 1 fully saturated rings. The summed E-state index contributed by atoms with van der Waals surface area (Å²) in [4.78, 5) is 6.85. The van der Waals surface area contributed by atoms with Gasteiger partial charge in [-0.3, -0.25) is 9.88 Å². The lowest BCUT2D eigenvalue weighted by Gasteiger charge is -2.35. The van der Waals surface area contributed by atoms with Crippen molar-refractivity contribution in [1.82, 2.24) is 9.88 Å². The van der Waals surface area contributed by atoms with Crippen LogP contribution in [0.5, 0.6) is 0 Å². The van der Waals surface area contributed by atoms with Crippen LogP contribution in [0.25, 0.3) is 10.1 Å². The lowest BCUT2D eigenvalue weighted by atomic mass is 9.97. The van der Waals surface area contributed by atoms with Crippen molar-refractivity contribution in [1.29, 1.82) is 0 Å². The lowest BCUT2D eigenvalue weighted by Crippen LogP contribution is -2.39. The Balaban J connectivity index is 1.84. The molecule has 1 aliphatic rings. The summed E-state index contributed by atoms with van der Waals surface area (Å²) in [6.07, 6.45) is 3.83. The Kier molecular flexibility index (Phi) is 3.89. The highest BCUT2D eigenvalue weighted by Gasteiger charge is 2.26. The first-order chi connectivity index (χ1) is 10.9. The van der Waals surface area contributed by atoms with Crippen molar-refractivity contribution in [2.75, 3.05) is 26.3 Å². The van der Waals surface area contributed by atoms with Crippen LogP contribution < -0.4 is 0 Å². The van der Waals surface area contributed by atoms with Gasteiger partial charge in [0.2, 0.25) is 0 Å². The number of nitrogens with zero attached hydrogens (tertiary/aromatic N) is 2. The van der Waals surface area contributed by atoms with Crippen LogP contribution in [0.1, 0.15) is 17.2 Å². The number of rotatable bonds is 3. The maximum absolute atomic E-state index is 5.54. The molecular weight excluding hydrogens is 292 g/mol. The van der Waals surface area contributed by atoms with Gasteiger partial charge in [0.05, 0.1) is 19.3 Å². The van der Waals surface area contributed by atoms with E-state index in [2.05, 4.69) is 45.6 Å². The summed E-state index contributed by atoms with van der Waals surface area (Å²) < 4.78 is 6.92. The number of thiophene rings is 1. The third-order valence-electron chi connectivity index (χ3n) is 4.22. The SMILES string of the molecule is c1cncc(C(c2cccc3ccsc23)N2CCOCC2)c1. The molecule has 0 aliphatic carbocycles. The van der Waals surface area contributed by atoms with Gasteiger partial charge in [-0.25, -0.2) is 0 Å². The smallest absolute Gasteiger partial charge is 0.0632 e. The van der Waals surface area contributed by atoms with Crippen molar-refractivity contribution in [3.63, 3.8) is 0 Å². The quantitative estimate of drug-likeness (QED) is 0.737. The molecule has 0 radical (unpaired) electrons. The molecule has 0 spiro atoms. The van der Waals surface area contributed by atoms with Crippen LogP contribution >= 0.6 is 11.3 Å². The van der Waals surface area contributed by atoms with Crippen molar-refractivity contribution in [3.8, 4) is 0 Å². The van der Waals surface area contributed by atoms with Gasteiger partial charge in [0.25, 0.3) is 0 Å². The zero-order valence-electron chi connectivity index (χ0n) is 12.3. The summed E-state index contributed by atoms with van der Waals surface area (Å²) in [6, 6.07) is 13.3. The molecule has 112 valence electrons. The lowest BCUT2D eigenvalue weighted by molar-refractivity contribution is 0.0242. The maximum atomic E-state index is 5.54. The Morgan fingerprint density at radius 1 is 1.09 bits per heavy atom. The number of ether oxygens (including phenoxy) is 1. The van der Waals surface area contributed by atoms with E-state index in [1.165, 1.54) is 21.2 Å². The van der Waals surface area contributed by atoms with Crippen LogP contribution in [0.3, 0.4) is 0 Å². The molecule has 1 aliphatic heterocycles. The Hall–Kier alpha value is -1.75. The fourth-order valence-corrected chi connectivity index (χ4v) is 4.13. The first-order valence-corrected chi connectivity index (χ1v) is 8.49. The Morgan fingerprint density at radius 3 is 2.82 bits per heavy atom. The molecule has 1 aromatic carbocycles. The van der Waals surface area contributed by atoms with E-state index in [4.69, 9.17) is 4.74 Å². The molecule has 0 N–H and O–H groups in total. The number of hydrogen-bond donors (Lipinski definition) is 0. The summed E-state index contributed by atoms with van der Waals surface area (Å²) in [5.41, 5.74) is 2.63. The van der Waals surface area contributed by atoms with Crippen LogP contribution in [0.15, 0.2) is 54.2 Å². The zero-order chi connectivity index (χ0) is 14.8. The Morgan fingerprint density at radius 2 is 2.00 bits per heavy atom. The predicted octanol–water partition coefficient (Wildman–Crippen LogP) is 3.72. The fraction of sp³-hybridized carbons (Fsp3) is 0.278. The Labute approximate surface area is 134 Å². The first-order valence-electron chi connectivity index (χ1n) is 7.61. The first kappa shape index (κ1) is 13.9. The minimum atomic E-state index is 0.250. The molecule has 22 heavy (non-hydrogen) atoms. The van der Waals surface area contributed by atoms with E-state index in [0.29, 0.717) is 0 Å². The van der Waals surface area contributed by atoms with Crippen molar-refractivity contribution in [3.05, 3.63) is 65.3 Å². The number of aromatic nitrogens is 1. The molecule has 0 bridgehead atoms. The number of pyridine rings is 1. The van der Waals surface area contributed by atoms with Crippen molar-refractivity contribution >= 4 is 21.4 Å². The van der Waals surface area contributed by atoms with Gasteiger partial charge in [-0.2, -0.15) is 0 Å². The zero-order valence-corrected chi connectivity index (χ0v) is 13.1. The molecule has 0 amide bonds. The highest BCUT2D eigenvalue weighted by Crippen LogP contribution is 2.36. The minimum absolute atomic E-state index is 0.250. The van der Waals surface area contributed by atoms with E-state index in [1.54, 1.807) is 0 Å². The van der Waals surface area contributed by atoms with E-state index < -0.39 is 0 Å². The monoisotopic (exact) mass is 310 g/mol. The molecule has 1 unspecified atom stereocenters. The van der Waals surface area contributed by atoms with Gasteiger partial charge in [0, 0.05) is 30.2 Å². The molecule has 3 aromatic rings. The molecule has 1 atom stereocenters. The number of hydrogen-bond acceptors (Lipinski definition) is 4. The number of benzene rings is 1. The number of fused-ring (bicyclic) bond motifs is 1. The molecular formula is C18H18N2OS. The van der Waals surface area contributed by atoms with Crippen molar-refractivity contribution in [2.24, 2.45) is 0 Å². The second-order valence-electron chi connectivity index (χ2n) is 5.52. The summed E-state index contributed by atoms with van der Waals surface area (Å²) in [5, 5.41) is 3.50. The topological polar surface area (TPSA) is 25.4 Å². The molecule has 2 aromatic heterocycles. The van der Waals surface area contributed by atoms with Crippen LogP contribution in [-0.4, -0.2) is 36.2 Å². The molecule has 3 nitrogen and oxygen atoms in total. The summed E-state index contributed by atoms with van der Waals surface area (Å²) in [6.45, 7) is 3.52. The molecule has 0 saturated carbocycles. The average molecular weight is 310 g/mol. The van der Waals surface area contributed by atoms with Crippen LogP contribution in [0.4, 0.5) is 0 Å². The predicted molar refractivity (Wildman–Crippen MR) is 90.3 cm³/mol. The molecule has 1 saturated heterocycles. The minimum Gasteiger partial charge on any atom is -0.379 e.